The second kappa shape index (κ2) is 6.67. The molecule has 14 heteroatoms. The van der Waals surface area contributed by atoms with Crippen molar-refractivity contribution in [2.75, 3.05) is 6.61 Å². The Morgan fingerprint density at radius 3 is 1.36 bits per heavy atom. The van der Waals surface area contributed by atoms with Crippen molar-refractivity contribution in [1.82, 2.24) is 0 Å². The summed E-state index contributed by atoms with van der Waals surface area (Å²) in [5, 5.41) is 0. The van der Waals surface area contributed by atoms with E-state index in [1.165, 1.54) is 0 Å². The van der Waals surface area contributed by atoms with E-state index in [1.807, 2.05) is 0 Å². The van der Waals surface area contributed by atoms with Gasteiger partial charge in [-0.05, 0) is 0 Å². The Bertz CT molecular complexity index is 451. The largest absolute Gasteiger partial charge is 0.457 e. The van der Waals surface area contributed by atoms with Crippen molar-refractivity contribution in [3.63, 3.8) is 0 Å². The summed E-state index contributed by atoms with van der Waals surface area (Å²) in [5.74, 6) is -18.7. The van der Waals surface area contributed by atoms with Crippen LogP contribution in [0.5, 0.6) is 0 Å². The molecule has 0 saturated heterocycles. The fourth-order valence-corrected chi connectivity index (χ4v) is 1.31. The van der Waals surface area contributed by atoms with Crippen molar-refractivity contribution in [1.29, 1.82) is 0 Å². The summed E-state index contributed by atoms with van der Waals surface area (Å²) < 4.78 is 160. The zero-order valence-electron chi connectivity index (χ0n) is 12.6. The Morgan fingerprint density at radius 2 is 1.12 bits per heavy atom. The van der Waals surface area contributed by atoms with E-state index in [0.717, 1.165) is 0 Å². The second-order valence-electron chi connectivity index (χ2n) is 5.37. The molecule has 0 aliphatic rings. The molecule has 25 heavy (non-hydrogen) atoms. The molecule has 152 valence electrons. The third kappa shape index (κ3) is 5.05. The summed E-state index contributed by atoms with van der Waals surface area (Å²) in [6.45, 7) is -2.14. The Balaban J connectivity index is 6.00. The van der Waals surface area contributed by atoms with Gasteiger partial charge in [-0.2, -0.15) is 39.5 Å². The van der Waals surface area contributed by atoms with Gasteiger partial charge >= 0.3 is 30.2 Å². The van der Waals surface area contributed by atoms with Crippen LogP contribution in [0.15, 0.2) is 0 Å². The highest BCUT2D eigenvalue weighted by Gasteiger charge is 2.78. The maximum atomic E-state index is 13.7. The van der Waals surface area contributed by atoms with Gasteiger partial charge in [0.15, 0.2) is 0 Å². The minimum atomic E-state index is -6.84. The third-order valence-electron chi connectivity index (χ3n) is 2.67. The Labute approximate surface area is 133 Å². The van der Waals surface area contributed by atoms with Gasteiger partial charge in [0.05, 0.1) is 0 Å². The van der Waals surface area contributed by atoms with E-state index in [0.29, 0.717) is 13.8 Å². The van der Waals surface area contributed by atoms with Gasteiger partial charge in [0.25, 0.3) is 5.92 Å². The highest BCUT2D eigenvalue weighted by molar-refractivity contribution is 4.92. The molecule has 0 heterocycles. The summed E-state index contributed by atoms with van der Waals surface area (Å²) in [5.41, 5.74) is 0. The van der Waals surface area contributed by atoms with Crippen LogP contribution in [0.25, 0.3) is 0 Å². The fourth-order valence-electron chi connectivity index (χ4n) is 1.31. The fraction of sp³-hybridized carbons (Fsp3) is 1.00. The number of hydrogen-bond acceptors (Lipinski definition) is 2. The average molecular weight is 404 g/mol. The lowest BCUT2D eigenvalue weighted by molar-refractivity contribution is -0.511. The maximum Gasteiger partial charge on any atom is 0.457 e. The molecule has 0 saturated carbocycles. The molecule has 0 bridgehead atoms. The van der Waals surface area contributed by atoms with Crippen molar-refractivity contribution in [3.8, 4) is 0 Å². The van der Waals surface area contributed by atoms with E-state index in [2.05, 4.69) is 9.47 Å². The first kappa shape index (κ1) is 24.1. The first-order valence-electron chi connectivity index (χ1n) is 6.22. The third-order valence-corrected chi connectivity index (χ3v) is 2.67. The van der Waals surface area contributed by atoms with Crippen LogP contribution in [0, 0.1) is 5.92 Å². The Kier molecular flexibility index (Phi) is 6.42. The molecular formula is C11H12F12O2. The van der Waals surface area contributed by atoms with Gasteiger partial charge in [0, 0.05) is 12.8 Å². The molecule has 0 aromatic heterocycles. The summed E-state index contributed by atoms with van der Waals surface area (Å²) in [6, 6.07) is 0. The lowest BCUT2D eigenvalue weighted by Crippen LogP contribution is -2.64. The minimum Gasteiger partial charge on any atom is -0.326 e. The number of ether oxygens (including phenoxy) is 2. The van der Waals surface area contributed by atoms with Crippen LogP contribution in [0.1, 0.15) is 20.8 Å². The molecule has 0 N–H and O–H groups in total. The van der Waals surface area contributed by atoms with Crippen molar-refractivity contribution in [2.24, 2.45) is 5.92 Å². The number of rotatable bonds is 7. The Hall–Kier alpha value is -0.920. The molecule has 0 aromatic rings. The number of hydrogen-bond donors (Lipinski definition) is 0. The van der Waals surface area contributed by atoms with Crippen molar-refractivity contribution in [3.05, 3.63) is 0 Å². The predicted molar refractivity (Wildman–Crippen MR) is 57.2 cm³/mol. The molecule has 2 atom stereocenters. The second-order valence-corrected chi connectivity index (χ2v) is 5.37. The average Bonchev–Trinajstić information content (AvgIpc) is 2.30. The van der Waals surface area contributed by atoms with E-state index < -0.39 is 48.6 Å². The van der Waals surface area contributed by atoms with Crippen molar-refractivity contribution < 1.29 is 62.2 Å². The molecule has 0 rings (SSSR count). The molecule has 0 amide bonds. The predicted octanol–water partition coefficient (Wildman–Crippen LogP) is 5.38. The molecule has 0 radical (unpaired) electrons. The van der Waals surface area contributed by atoms with Gasteiger partial charge in [-0.25, -0.2) is 13.2 Å². The lowest BCUT2D eigenvalue weighted by atomic mass is 10.0. The van der Waals surface area contributed by atoms with Crippen molar-refractivity contribution in [2.45, 2.75) is 56.9 Å². The zero-order chi connectivity index (χ0) is 20.7. The monoisotopic (exact) mass is 404 g/mol. The van der Waals surface area contributed by atoms with E-state index in [9.17, 15) is 52.7 Å². The summed E-state index contributed by atoms with van der Waals surface area (Å²) in [6.07, 6.45) is -19.8. The van der Waals surface area contributed by atoms with E-state index in [4.69, 9.17) is 0 Å². The SMILES string of the molecule is CC(C)C(F)(OC(F)(F)C(F)(OCC(C)(F)F)C(F)(F)F)C(F)(F)F. The highest BCUT2D eigenvalue weighted by atomic mass is 19.4. The van der Waals surface area contributed by atoms with E-state index in [1.54, 1.807) is 0 Å². The van der Waals surface area contributed by atoms with Crippen LogP contribution in [0.3, 0.4) is 0 Å². The smallest absolute Gasteiger partial charge is 0.326 e. The van der Waals surface area contributed by atoms with Crippen LogP contribution in [-0.2, 0) is 9.47 Å². The van der Waals surface area contributed by atoms with Gasteiger partial charge in [0.1, 0.15) is 6.61 Å². The van der Waals surface area contributed by atoms with Crippen LogP contribution in [0.4, 0.5) is 52.7 Å². The van der Waals surface area contributed by atoms with Crippen molar-refractivity contribution >= 4 is 0 Å². The van der Waals surface area contributed by atoms with E-state index >= 15 is 0 Å². The van der Waals surface area contributed by atoms with Gasteiger partial charge < -0.3 is 4.74 Å². The van der Waals surface area contributed by atoms with Gasteiger partial charge in [-0.1, -0.05) is 13.8 Å². The van der Waals surface area contributed by atoms with Crippen LogP contribution < -0.4 is 0 Å². The lowest BCUT2D eigenvalue weighted by Gasteiger charge is -2.39. The van der Waals surface area contributed by atoms with Gasteiger partial charge in [-0.15, -0.1) is 0 Å². The molecule has 0 spiro atoms. The standard InChI is InChI=1S/C11H12F12O2/c1-5(2)7(14,9(16,17)18)25-11(22,23)8(15,10(19,20)21)24-4-6(3,12)13/h5H,4H2,1-3H3. The molecule has 2 unspecified atom stereocenters. The van der Waals surface area contributed by atoms with Gasteiger partial charge in [-0.3, -0.25) is 4.74 Å². The van der Waals surface area contributed by atoms with Crippen LogP contribution >= 0.6 is 0 Å². The maximum absolute atomic E-state index is 13.7. The molecule has 0 aromatic carbocycles. The topological polar surface area (TPSA) is 18.5 Å². The number of halogens is 12. The summed E-state index contributed by atoms with van der Waals surface area (Å²) >= 11 is 0. The Morgan fingerprint density at radius 1 is 0.720 bits per heavy atom. The summed E-state index contributed by atoms with van der Waals surface area (Å²) in [4.78, 5) is 0. The quantitative estimate of drug-likeness (QED) is 0.531. The number of alkyl halides is 12. The summed E-state index contributed by atoms with van der Waals surface area (Å²) in [7, 11) is 0. The normalized spacial score (nSPS) is 19.7. The van der Waals surface area contributed by atoms with Gasteiger partial charge in [0.2, 0.25) is 0 Å². The minimum absolute atomic E-state index is 0.147. The van der Waals surface area contributed by atoms with Crippen LogP contribution in [0.2, 0.25) is 0 Å². The highest BCUT2D eigenvalue weighted by Crippen LogP contribution is 2.52. The molecule has 2 nitrogen and oxygen atoms in total. The molecule has 0 aliphatic heterocycles. The molecule has 0 aliphatic carbocycles. The first-order chi connectivity index (χ1) is 10.6. The first-order valence-corrected chi connectivity index (χ1v) is 6.22. The zero-order valence-corrected chi connectivity index (χ0v) is 12.6. The van der Waals surface area contributed by atoms with E-state index in [-0.39, 0.29) is 6.92 Å². The molecule has 0 fully saturated rings. The molecular weight excluding hydrogens is 392 g/mol. The van der Waals surface area contributed by atoms with Crippen LogP contribution in [-0.4, -0.2) is 42.7 Å².